The zero-order chi connectivity index (χ0) is 19.9. The van der Waals surface area contributed by atoms with E-state index in [-0.39, 0.29) is 5.91 Å². The van der Waals surface area contributed by atoms with E-state index >= 15 is 0 Å². The Balaban J connectivity index is 1.72. The largest absolute Gasteiger partial charge is 0.368 e. The molecule has 6 heteroatoms. The maximum absolute atomic E-state index is 13.0. The van der Waals surface area contributed by atoms with Gasteiger partial charge in [-0.15, -0.1) is 0 Å². The molecule has 1 saturated heterocycles. The second-order valence-corrected chi connectivity index (χ2v) is 7.26. The van der Waals surface area contributed by atoms with Crippen LogP contribution in [-0.2, 0) is 0 Å². The van der Waals surface area contributed by atoms with Crippen LogP contribution in [0.4, 0.5) is 11.5 Å². The number of rotatable bonds is 7. The second-order valence-electron chi connectivity index (χ2n) is 7.26. The summed E-state index contributed by atoms with van der Waals surface area (Å²) in [6.07, 6.45) is 1.90. The molecule has 1 aliphatic heterocycles. The van der Waals surface area contributed by atoms with Crippen molar-refractivity contribution in [3.05, 3.63) is 47.9 Å². The fourth-order valence-electron chi connectivity index (χ4n) is 3.67. The topological polar surface area (TPSA) is 52.6 Å². The minimum absolute atomic E-state index is 0.0124. The van der Waals surface area contributed by atoms with Crippen molar-refractivity contribution in [3.63, 3.8) is 0 Å². The first kappa shape index (κ1) is 20.1. The molecule has 1 fully saturated rings. The molecule has 2 heterocycles. The highest BCUT2D eigenvalue weighted by atomic mass is 16.2. The lowest BCUT2D eigenvalue weighted by atomic mass is 10.2. The van der Waals surface area contributed by atoms with Crippen molar-refractivity contribution in [1.82, 2.24) is 14.9 Å². The minimum atomic E-state index is 0.0124. The molecule has 0 bridgehead atoms. The van der Waals surface area contributed by atoms with E-state index in [0.29, 0.717) is 11.5 Å². The van der Waals surface area contributed by atoms with Gasteiger partial charge in [0.2, 0.25) is 0 Å². The maximum atomic E-state index is 13.0. The van der Waals surface area contributed by atoms with Gasteiger partial charge in [-0.25, -0.2) is 9.97 Å². The van der Waals surface area contributed by atoms with Crippen molar-refractivity contribution in [2.24, 2.45) is 0 Å². The van der Waals surface area contributed by atoms with Gasteiger partial charge < -0.3 is 14.7 Å². The molecule has 0 aliphatic carbocycles. The number of amides is 1. The van der Waals surface area contributed by atoms with Crippen molar-refractivity contribution in [1.29, 1.82) is 0 Å². The van der Waals surface area contributed by atoms with Crippen molar-refractivity contribution >= 4 is 17.4 Å². The molecule has 1 amide bonds. The van der Waals surface area contributed by atoms with Crippen LogP contribution in [0.5, 0.6) is 0 Å². The molecule has 1 aromatic carbocycles. The Labute approximate surface area is 168 Å². The third-order valence-corrected chi connectivity index (χ3v) is 5.04. The van der Waals surface area contributed by atoms with E-state index in [9.17, 15) is 4.79 Å². The number of nitrogens with zero attached hydrogens (tertiary/aromatic N) is 5. The van der Waals surface area contributed by atoms with Gasteiger partial charge >= 0.3 is 0 Å². The molecular formula is C22H31N5O. The van der Waals surface area contributed by atoms with Crippen LogP contribution >= 0.6 is 0 Å². The molecule has 1 aliphatic rings. The van der Waals surface area contributed by atoms with Crippen LogP contribution in [0.3, 0.4) is 0 Å². The summed E-state index contributed by atoms with van der Waals surface area (Å²) >= 11 is 0. The Morgan fingerprint density at radius 2 is 1.57 bits per heavy atom. The van der Waals surface area contributed by atoms with E-state index in [0.717, 1.165) is 57.9 Å². The van der Waals surface area contributed by atoms with E-state index in [1.807, 2.05) is 24.0 Å². The molecule has 2 aromatic rings. The van der Waals surface area contributed by atoms with Gasteiger partial charge in [-0.2, -0.15) is 0 Å². The van der Waals surface area contributed by atoms with Gasteiger partial charge in [0, 0.05) is 51.0 Å². The Hall–Kier alpha value is -2.63. The number of carbonyl (C=O) groups excluding carboxylic acids is 1. The minimum Gasteiger partial charge on any atom is -0.368 e. The standard InChI is InChI=1S/C22H31N5O/c1-4-11-27(12-5-2)22(28)20-17-21(24-18(3)23-20)26-15-13-25(14-16-26)19-9-7-6-8-10-19/h6-10,17H,4-5,11-16H2,1-3H3. The Morgan fingerprint density at radius 3 is 2.18 bits per heavy atom. The van der Waals surface area contributed by atoms with Crippen molar-refractivity contribution in [2.45, 2.75) is 33.6 Å². The monoisotopic (exact) mass is 381 g/mol. The lowest BCUT2D eigenvalue weighted by molar-refractivity contribution is 0.0749. The summed E-state index contributed by atoms with van der Waals surface area (Å²) in [4.78, 5) is 28.6. The summed E-state index contributed by atoms with van der Waals surface area (Å²) in [6, 6.07) is 12.4. The first-order chi connectivity index (χ1) is 13.6. The molecule has 0 saturated carbocycles. The highest BCUT2D eigenvalue weighted by Crippen LogP contribution is 2.20. The maximum Gasteiger partial charge on any atom is 0.272 e. The van der Waals surface area contributed by atoms with Crippen molar-refractivity contribution in [3.8, 4) is 0 Å². The molecule has 0 N–H and O–H groups in total. The summed E-state index contributed by atoms with van der Waals surface area (Å²) in [5.41, 5.74) is 1.77. The third-order valence-electron chi connectivity index (χ3n) is 5.04. The van der Waals surface area contributed by atoms with Gasteiger partial charge in [-0.05, 0) is 31.9 Å². The predicted octanol–water partition coefficient (Wildman–Crippen LogP) is 3.37. The van der Waals surface area contributed by atoms with Crippen molar-refractivity contribution in [2.75, 3.05) is 49.1 Å². The van der Waals surface area contributed by atoms with Crippen LogP contribution in [0, 0.1) is 6.92 Å². The molecule has 0 radical (unpaired) electrons. The average Bonchev–Trinajstić information content (AvgIpc) is 2.73. The number of hydrogen-bond acceptors (Lipinski definition) is 5. The quantitative estimate of drug-likeness (QED) is 0.736. The SMILES string of the molecule is CCCN(CCC)C(=O)c1cc(N2CCN(c3ccccc3)CC2)nc(C)n1. The highest BCUT2D eigenvalue weighted by Gasteiger charge is 2.22. The average molecular weight is 382 g/mol. The summed E-state index contributed by atoms with van der Waals surface area (Å²) < 4.78 is 0. The summed E-state index contributed by atoms with van der Waals surface area (Å²) in [5, 5.41) is 0. The number of para-hydroxylation sites is 1. The Morgan fingerprint density at radius 1 is 0.964 bits per heavy atom. The van der Waals surface area contributed by atoms with Crippen LogP contribution in [0.15, 0.2) is 36.4 Å². The van der Waals surface area contributed by atoms with Crippen LogP contribution < -0.4 is 9.80 Å². The van der Waals surface area contributed by atoms with Crippen LogP contribution in [0.2, 0.25) is 0 Å². The number of aryl methyl sites for hydroxylation is 1. The molecular weight excluding hydrogens is 350 g/mol. The van der Waals surface area contributed by atoms with Gasteiger partial charge in [0.05, 0.1) is 0 Å². The fraction of sp³-hybridized carbons (Fsp3) is 0.500. The van der Waals surface area contributed by atoms with Gasteiger partial charge in [0.15, 0.2) is 0 Å². The smallest absolute Gasteiger partial charge is 0.272 e. The third kappa shape index (κ3) is 4.80. The normalized spacial score (nSPS) is 14.2. The lowest BCUT2D eigenvalue weighted by Gasteiger charge is -2.37. The number of carbonyl (C=O) groups is 1. The fourth-order valence-corrected chi connectivity index (χ4v) is 3.67. The molecule has 28 heavy (non-hydrogen) atoms. The molecule has 6 nitrogen and oxygen atoms in total. The van der Waals surface area contributed by atoms with Crippen LogP contribution in [0.1, 0.15) is 43.0 Å². The van der Waals surface area contributed by atoms with E-state index in [4.69, 9.17) is 0 Å². The summed E-state index contributed by atoms with van der Waals surface area (Å²) in [7, 11) is 0. The Bertz CT molecular complexity index is 766. The summed E-state index contributed by atoms with van der Waals surface area (Å²) in [6.45, 7) is 11.2. The molecule has 150 valence electrons. The molecule has 0 atom stereocenters. The number of anilines is 2. The second kappa shape index (κ2) is 9.53. The number of piperazine rings is 1. The lowest BCUT2D eigenvalue weighted by Crippen LogP contribution is -2.47. The van der Waals surface area contributed by atoms with E-state index in [1.165, 1.54) is 5.69 Å². The zero-order valence-electron chi connectivity index (χ0n) is 17.3. The van der Waals surface area contributed by atoms with E-state index in [1.54, 1.807) is 0 Å². The number of benzene rings is 1. The predicted molar refractivity (Wildman–Crippen MR) is 114 cm³/mol. The van der Waals surface area contributed by atoms with Gasteiger partial charge in [0.25, 0.3) is 5.91 Å². The number of aromatic nitrogens is 2. The molecule has 0 unspecified atom stereocenters. The summed E-state index contributed by atoms with van der Waals surface area (Å²) in [5.74, 6) is 1.52. The van der Waals surface area contributed by atoms with E-state index in [2.05, 4.69) is 57.9 Å². The van der Waals surface area contributed by atoms with Crippen LogP contribution in [-0.4, -0.2) is 60.0 Å². The van der Waals surface area contributed by atoms with Crippen molar-refractivity contribution < 1.29 is 4.79 Å². The number of hydrogen-bond donors (Lipinski definition) is 0. The molecule has 0 spiro atoms. The van der Waals surface area contributed by atoms with Gasteiger partial charge in [-0.1, -0.05) is 32.0 Å². The molecule has 1 aromatic heterocycles. The highest BCUT2D eigenvalue weighted by molar-refractivity contribution is 5.93. The molecule has 3 rings (SSSR count). The zero-order valence-corrected chi connectivity index (χ0v) is 17.3. The van der Waals surface area contributed by atoms with Gasteiger partial charge in [0.1, 0.15) is 17.3 Å². The van der Waals surface area contributed by atoms with Crippen LogP contribution in [0.25, 0.3) is 0 Å². The van der Waals surface area contributed by atoms with E-state index < -0.39 is 0 Å². The first-order valence-electron chi connectivity index (χ1n) is 10.3. The first-order valence-corrected chi connectivity index (χ1v) is 10.3. The van der Waals surface area contributed by atoms with Gasteiger partial charge in [-0.3, -0.25) is 4.79 Å². The Kier molecular flexibility index (Phi) is 6.85.